The van der Waals surface area contributed by atoms with Crippen LogP contribution in [0.1, 0.15) is 18.5 Å². The largest absolute Gasteiger partial charge is 0.355 e. The molecule has 0 radical (unpaired) electrons. The van der Waals surface area contributed by atoms with Gasteiger partial charge >= 0.3 is 0 Å². The highest BCUT2D eigenvalue weighted by Crippen LogP contribution is 2.19. The Morgan fingerprint density at radius 2 is 2.29 bits per heavy atom. The van der Waals surface area contributed by atoms with Gasteiger partial charge in [-0.05, 0) is 39.1 Å². The van der Waals surface area contributed by atoms with Crippen molar-refractivity contribution in [3.05, 3.63) is 23.9 Å². The molecule has 1 aliphatic heterocycles. The minimum absolute atomic E-state index is 0.513. The van der Waals surface area contributed by atoms with Gasteiger partial charge < -0.3 is 15.5 Å². The predicted molar refractivity (Wildman–Crippen MR) is 71.1 cm³/mol. The molecule has 0 saturated carbocycles. The number of rotatable bonds is 3. The number of pyridine rings is 1. The fourth-order valence-corrected chi connectivity index (χ4v) is 2.34. The van der Waals surface area contributed by atoms with E-state index in [0.29, 0.717) is 12.6 Å². The maximum atomic E-state index is 5.63. The zero-order valence-corrected chi connectivity index (χ0v) is 10.8. The summed E-state index contributed by atoms with van der Waals surface area (Å²) in [5.41, 5.74) is 6.60. The topological polar surface area (TPSA) is 45.4 Å². The van der Waals surface area contributed by atoms with E-state index < -0.39 is 0 Å². The first-order valence-electron chi connectivity index (χ1n) is 6.28. The minimum atomic E-state index is 0.513. The molecule has 1 atom stereocenters. The minimum Gasteiger partial charge on any atom is -0.355 e. The summed E-state index contributed by atoms with van der Waals surface area (Å²) in [6.45, 7) is 2.68. The lowest BCUT2D eigenvalue weighted by molar-refractivity contribution is 0.257. The van der Waals surface area contributed by atoms with Gasteiger partial charge in [-0.3, -0.25) is 0 Å². The Balaban J connectivity index is 2.10. The van der Waals surface area contributed by atoms with Crippen molar-refractivity contribution < 1.29 is 0 Å². The molecule has 2 rings (SSSR count). The van der Waals surface area contributed by atoms with E-state index in [9.17, 15) is 0 Å². The monoisotopic (exact) mass is 234 g/mol. The van der Waals surface area contributed by atoms with Crippen LogP contribution in [0.15, 0.2) is 18.2 Å². The molecule has 0 spiro atoms. The molecule has 4 heteroatoms. The molecule has 17 heavy (non-hydrogen) atoms. The zero-order chi connectivity index (χ0) is 12.3. The molecule has 0 aromatic carbocycles. The molecule has 0 amide bonds. The maximum Gasteiger partial charge on any atom is 0.128 e. The number of nitrogens with two attached hydrogens (primary N) is 1. The summed E-state index contributed by atoms with van der Waals surface area (Å²) in [7, 11) is 4.30. The van der Waals surface area contributed by atoms with Crippen molar-refractivity contribution in [1.29, 1.82) is 0 Å². The maximum absolute atomic E-state index is 5.63. The number of nitrogens with zero attached hydrogens (tertiary/aromatic N) is 3. The standard InChI is InChI=1S/C13H22N4/c1-16(2)12-6-4-8-17(10-12)13-7-3-5-11(9-14)15-13/h3,5,7,12H,4,6,8-10,14H2,1-2H3. The van der Waals surface area contributed by atoms with Crippen LogP contribution in [-0.4, -0.2) is 43.1 Å². The summed E-state index contributed by atoms with van der Waals surface area (Å²) in [5.74, 6) is 1.07. The third kappa shape index (κ3) is 2.96. The van der Waals surface area contributed by atoms with E-state index >= 15 is 0 Å². The van der Waals surface area contributed by atoms with Gasteiger partial charge in [-0.1, -0.05) is 6.07 Å². The molecule has 2 heterocycles. The molecule has 1 saturated heterocycles. The summed E-state index contributed by atoms with van der Waals surface area (Å²) >= 11 is 0. The number of hydrogen-bond donors (Lipinski definition) is 1. The van der Waals surface area contributed by atoms with Crippen LogP contribution in [-0.2, 0) is 6.54 Å². The van der Waals surface area contributed by atoms with E-state index in [2.05, 4.69) is 34.9 Å². The third-order valence-corrected chi connectivity index (χ3v) is 3.45. The number of piperidine rings is 1. The SMILES string of the molecule is CN(C)C1CCCN(c2cccc(CN)n2)C1. The Labute approximate surface area is 103 Å². The average molecular weight is 234 g/mol. The number of likely N-dealkylation sites (N-methyl/N-ethyl adjacent to an activating group) is 1. The van der Waals surface area contributed by atoms with Gasteiger partial charge in [-0.25, -0.2) is 4.98 Å². The summed E-state index contributed by atoms with van der Waals surface area (Å²) in [6.07, 6.45) is 2.51. The molecule has 1 aliphatic rings. The summed E-state index contributed by atoms with van der Waals surface area (Å²) in [4.78, 5) is 9.26. The highest BCUT2D eigenvalue weighted by molar-refractivity contribution is 5.40. The average Bonchev–Trinajstić information content (AvgIpc) is 2.39. The lowest BCUT2D eigenvalue weighted by Gasteiger charge is -2.36. The molecular weight excluding hydrogens is 212 g/mol. The molecule has 1 unspecified atom stereocenters. The van der Waals surface area contributed by atoms with Gasteiger partial charge in [-0.2, -0.15) is 0 Å². The summed E-state index contributed by atoms with van der Waals surface area (Å²) < 4.78 is 0. The first-order valence-corrected chi connectivity index (χ1v) is 6.28. The molecule has 94 valence electrons. The van der Waals surface area contributed by atoms with E-state index in [4.69, 9.17) is 5.73 Å². The molecule has 1 aromatic heterocycles. The van der Waals surface area contributed by atoms with E-state index in [1.807, 2.05) is 12.1 Å². The molecule has 1 aromatic rings. The molecule has 2 N–H and O–H groups in total. The first kappa shape index (κ1) is 12.3. The van der Waals surface area contributed by atoms with Gasteiger partial charge in [0.25, 0.3) is 0 Å². The molecule has 4 nitrogen and oxygen atoms in total. The van der Waals surface area contributed by atoms with E-state index in [1.165, 1.54) is 12.8 Å². The fourth-order valence-electron chi connectivity index (χ4n) is 2.34. The van der Waals surface area contributed by atoms with Gasteiger partial charge in [0.1, 0.15) is 5.82 Å². The Bertz CT molecular complexity index is 364. The number of anilines is 1. The van der Waals surface area contributed by atoms with Crippen LogP contribution in [0.4, 0.5) is 5.82 Å². The Morgan fingerprint density at radius 3 is 3.00 bits per heavy atom. The Kier molecular flexibility index (Phi) is 3.97. The van der Waals surface area contributed by atoms with Gasteiger partial charge in [0.05, 0.1) is 5.69 Å². The van der Waals surface area contributed by atoms with E-state index in [-0.39, 0.29) is 0 Å². The van der Waals surface area contributed by atoms with Crippen LogP contribution in [0, 0.1) is 0 Å². The van der Waals surface area contributed by atoms with Crippen molar-refractivity contribution in [3.63, 3.8) is 0 Å². The van der Waals surface area contributed by atoms with Crippen molar-refractivity contribution in [2.24, 2.45) is 5.73 Å². The predicted octanol–water partition coefficient (Wildman–Crippen LogP) is 1.07. The van der Waals surface area contributed by atoms with Crippen LogP contribution < -0.4 is 10.6 Å². The molecule has 0 bridgehead atoms. The van der Waals surface area contributed by atoms with Gasteiger partial charge in [0.15, 0.2) is 0 Å². The fraction of sp³-hybridized carbons (Fsp3) is 0.615. The van der Waals surface area contributed by atoms with Crippen LogP contribution >= 0.6 is 0 Å². The zero-order valence-electron chi connectivity index (χ0n) is 10.8. The molecule has 0 aliphatic carbocycles. The summed E-state index contributed by atoms with van der Waals surface area (Å²) in [5, 5.41) is 0. The van der Waals surface area contributed by atoms with Crippen molar-refractivity contribution in [1.82, 2.24) is 9.88 Å². The highest BCUT2D eigenvalue weighted by Gasteiger charge is 2.22. The van der Waals surface area contributed by atoms with E-state index in [0.717, 1.165) is 24.6 Å². The number of hydrogen-bond acceptors (Lipinski definition) is 4. The normalized spacial score (nSPS) is 20.9. The van der Waals surface area contributed by atoms with Crippen LogP contribution in [0.2, 0.25) is 0 Å². The van der Waals surface area contributed by atoms with Crippen molar-refractivity contribution >= 4 is 5.82 Å². The van der Waals surface area contributed by atoms with Crippen molar-refractivity contribution in [2.75, 3.05) is 32.1 Å². The van der Waals surface area contributed by atoms with Crippen LogP contribution in [0.5, 0.6) is 0 Å². The van der Waals surface area contributed by atoms with Crippen LogP contribution in [0.3, 0.4) is 0 Å². The Morgan fingerprint density at radius 1 is 1.47 bits per heavy atom. The Hall–Kier alpha value is -1.13. The molecule has 1 fully saturated rings. The van der Waals surface area contributed by atoms with Gasteiger partial charge in [0, 0.05) is 25.7 Å². The lowest BCUT2D eigenvalue weighted by atomic mass is 10.0. The lowest BCUT2D eigenvalue weighted by Crippen LogP contribution is -2.45. The quantitative estimate of drug-likeness (QED) is 0.850. The number of aromatic nitrogens is 1. The smallest absolute Gasteiger partial charge is 0.128 e. The van der Waals surface area contributed by atoms with Gasteiger partial charge in [0.2, 0.25) is 0 Å². The second kappa shape index (κ2) is 5.47. The van der Waals surface area contributed by atoms with Crippen LogP contribution in [0.25, 0.3) is 0 Å². The second-order valence-electron chi connectivity index (χ2n) is 4.90. The molecular formula is C13H22N4. The van der Waals surface area contributed by atoms with E-state index in [1.54, 1.807) is 0 Å². The first-order chi connectivity index (χ1) is 8.20. The second-order valence-corrected chi connectivity index (χ2v) is 4.90. The third-order valence-electron chi connectivity index (χ3n) is 3.45. The summed E-state index contributed by atoms with van der Waals surface area (Å²) in [6, 6.07) is 6.74. The highest BCUT2D eigenvalue weighted by atomic mass is 15.2. The van der Waals surface area contributed by atoms with Crippen molar-refractivity contribution in [3.8, 4) is 0 Å². The van der Waals surface area contributed by atoms with Gasteiger partial charge in [-0.15, -0.1) is 0 Å². The van der Waals surface area contributed by atoms with Crippen molar-refractivity contribution in [2.45, 2.75) is 25.4 Å².